The first-order valence-corrected chi connectivity index (χ1v) is 7.30. The van der Waals surface area contributed by atoms with Crippen molar-refractivity contribution in [2.75, 3.05) is 12.0 Å². The maximum absolute atomic E-state index is 11.3. The highest BCUT2D eigenvalue weighted by Gasteiger charge is 2.12. The van der Waals surface area contributed by atoms with Gasteiger partial charge in [0.1, 0.15) is 6.33 Å². The lowest BCUT2D eigenvalue weighted by Gasteiger charge is -2.17. The smallest absolute Gasteiger partial charge is 0.221 e. The van der Waals surface area contributed by atoms with Crippen LogP contribution in [-0.4, -0.2) is 35.7 Å². The molecular formula is C9H17N3OS2. The lowest BCUT2D eigenvalue weighted by atomic mass is 10.3. The number of hydrogen-bond donors (Lipinski definition) is 0. The Morgan fingerprint density at radius 3 is 2.73 bits per heavy atom. The molecule has 0 spiro atoms. The Hall–Kier alpha value is -0.360. The molecule has 15 heavy (non-hydrogen) atoms. The number of hydrogen-bond acceptors (Lipinski definition) is 4. The molecule has 0 radical (unpaired) electrons. The van der Waals surface area contributed by atoms with E-state index in [0.717, 1.165) is 12.3 Å². The van der Waals surface area contributed by atoms with Crippen LogP contribution < -0.4 is 0 Å². The molecule has 0 saturated carbocycles. The van der Waals surface area contributed by atoms with Crippen LogP contribution in [0.5, 0.6) is 0 Å². The van der Waals surface area contributed by atoms with E-state index in [1.54, 1.807) is 12.6 Å². The third-order valence-corrected chi connectivity index (χ3v) is 3.79. The zero-order valence-corrected chi connectivity index (χ0v) is 11.2. The van der Waals surface area contributed by atoms with Gasteiger partial charge >= 0.3 is 0 Å². The number of nitrogens with zero attached hydrogens (tertiary/aromatic N) is 3. The van der Waals surface area contributed by atoms with Crippen LogP contribution in [0.4, 0.5) is 0 Å². The molecule has 1 rings (SSSR count). The topological polar surface area (TPSA) is 47.8 Å². The third kappa shape index (κ3) is 4.34. The van der Waals surface area contributed by atoms with Gasteiger partial charge in [-0.2, -0.15) is 11.8 Å². The van der Waals surface area contributed by atoms with Crippen molar-refractivity contribution < 1.29 is 4.21 Å². The van der Waals surface area contributed by atoms with Crippen molar-refractivity contribution in [2.24, 2.45) is 0 Å². The van der Waals surface area contributed by atoms with Crippen LogP contribution in [0, 0.1) is 0 Å². The summed E-state index contributed by atoms with van der Waals surface area (Å²) in [5.41, 5.74) is 0. The van der Waals surface area contributed by atoms with E-state index in [0.29, 0.717) is 5.16 Å². The molecule has 0 N–H and O–H groups in total. The van der Waals surface area contributed by atoms with Crippen molar-refractivity contribution in [3.05, 3.63) is 6.33 Å². The van der Waals surface area contributed by atoms with Gasteiger partial charge in [-0.1, -0.05) is 20.8 Å². The largest absolute Gasteiger partial charge is 0.306 e. The van der Waals surface area contributed by atoms with Gasteiger partial charge in [0.25, 0.3) is 0 Å². The summed E-state index contributed by atoms with van der Waals surface area (Å²) < 4.78 is 13.4. The monoisotopic (exact) mass is 247 g/mol. The fraction of sp³-hybridized carbons (Fsp3) is 0.778. The minimum atomic E-state index is -1.05. The lowest BCUT2D eigenvalue weighted by Crippen LogP contribution is -2.12. The van der Waals surface area contributed by atoms with Crippen LogP contribution in [0.1, 0.15) is 20.8 Å². The van der Waals surface area contributed by atoms with E-state index in [9.17, 15) is 4.21 Å². The summed E-state index contributed by atoms with van der Waals surface area (Å²) in [6, 6.07) is 0. The molecule has 1 atom stereocenters. The van der Waals surface area contributed by atoms with Crippen LogP contribution in [-0.2, 0) is 17.3 Å². The van der Waals surface area contributed by atoms with Gasteiger partial charge in [-0.15, -0.1) is 10.2 Å². The van der Waals surface area contributed by atoms with Crippen LogP contribution in [0.25, 0.3) is 0 Å². The molecule has 1 aromatic rings. The van der Waals surface area contributed by atoms with Crippen LogP contribution in [0.15, 0.2) is 11.5 Å². The Balaban J connectivity index is 2.51. The quantitative estimate of drug-likeness (QED) is 0.810. The molecular weight excluding hydrogens is 230 g/mol. The van der Waals surface area contributed by atoms with Crippen molar-refractivity contribution >= 4 is 22.6 Å². The van der Waals surface area contributed by atoms with Crippen molar-refractivity contribution in [3.63, 3.8) is 0 Å². The predicted octanol–water partition coefficient (Wildman–Crippen LogP) is 1.55. The number of aryl methyl sites for hydroxylation is 1. The first kappa shape index (κ1) is 12.7. The molecule has 0 fully saturated rings. The zero-order chi connectivity index (χ0) is 11.5. The van der Waals surface area contributed by atoms with Gasteiger partial charge in [0, 0.05) is 23.3 Å². The van der Waals surface area contributed by atoms with Crippen molar-refractivity contribution in [2.45, 2.75) is 37.2 Å². The average molecular weight is 247 g/mol. The molecule has 0 aliphatic carbocycles. The average Bonchev–Trinajstić information content (AvgIpc) is 2.49. The first-order valence-electron chi connectivity index (χ1n) is 4.75. The van der Waals surface area contributed by atoms with Crippen LogP contribution in [0.3, 0.4) is 0 Å². The minimum Gasteiger partial charge on any atom is -0.306 e. The summed E-state index contributed by atoms with van der Waals surface area (Å²) in [6.07, 6.45) is 3.26. The molecule has 0 aromatic carbocycles. The van der Waals surface area contributed by atoms with Crippen molar-refractivity contribution in [1.82, 2.24) is 14.8 Å². The number of aromatic nitrogens is 3. The SMILES string of the molecule is C[S@@](=O)c1nncn1CCSC(C)(C)C. The van der Waals surface area contributed by atoms with E-state index in [2.05, 4.69) is 31.0 Å². The molecule has 0 bridgehead atoms. The van der Waals surface area contributed by atoms with E-state index in [1.807, 2.05) is 16.3 Å². The minimum absolute atomic E-state index is 0.263. The van der Waals surface area contributed by atoms with Crippen LogP contribution in [0.2, 0.25) is 0 Å². The Labute approximate surface area is 97.3 Å². The number of rotatable bonds is 4. The second-order valence-electron chi connectivity index (χ2n) is 4.22. The lowest BCUT2D eigenvalue weighted by molar-refractivity contribution is 0.644. The maximum atomic E-state index is 11.3. The molecule has 0 amide bonds. The molecule has 0 unspecified atom stereocenters. The number of thioether (sulfide) groups is 1. The van der Waals surface area contributed by atoms with E-state index < -0.39 is 10.8 Å². The predicted molar refractivity (Wildman–Crippen MR) is 64.6 cm³/mol. The second-order valence-corrected chi connectivity index (χ2v) is 7.42. The van der Waals surface area contributed by atoms with Crippen LogP contribution >= 0.6 is 11.8 Å². The van der Waals surface area contributed by atoms with Gasteiger partial charge in [-0.25, -0.2) is 0 Å². The Morgan fingerprint density at radius 2 is 2.20 bits per heavy atom. The molecule has 0 aliphatic heterocycles. The summed E-state index contributed by atoms with van der Waals surface area (Å²) in [7, 11) is -1.05. The van der Waals surface area contributed by atoms with Gasteiger partial charge in [0.15, 0.2) is 0 Å². The van der Waals surface area contributed by atoms with E-state index in [4.69, 9.17) is 0 Å². The molecule has 0 saturated heterocycles. The Morgan fingerprint density at radius 1 is 1.53 bits per heavy atom. The fourth-order valence-electron chi connectivity index (χ4n) is 1.07. The highest BCUT2D eigenvalue weighted by Crippen LogP contribution is 2.23. The molecule has 86 valence electrons. The van der Waals surface area contributed by atoms with E-state index >= 15 is 0 Å². The fourth-order valence-corrected chi connectivity index (χ4v) is 2.60. The van der Waals surface area contributed by atoms with Crippen molar-refractivity contribution in [1.29, 1.82) is 0 Å². The Kier molecular flexibility index (Phi) is 4.33. The molecule has 4 nitrogen and oxygen atoms in total. The van der Waals surface area contributed by atoms with Gasteiger partial charge in [-0.05, 0) is 0 Å². The maximum Gasteiger partial charge on any atom is 0.221 e. The van der Waals surface area contributed by atoms with Gasteiger partial charge in [0.05, 0.1) is 10.8 Å². The molecule has 1 aromatic heterocycles. The van der Waals surface area contributed by atoms with Gasteiger partial charge < -0.3 is 4.57 Å². The summed E-state index contributed by atoms with van der Waals surface area (Å²) in [6.45, 7) is 7.36. The van der Waals surface area contributed by atoms with Gasteiger partial charge in [-0.3, -0.25) is 4.21 Å². The normalized spacial score (nSPS) is 14.1. The standard InChI is InChI=1S/C9H17N3OS2/c1-9(2,3)14-6-5-12-7-10-11-8(12)15(4)13/h7H,5-6H2,1-4H3/t15-/m1/s1. The molecule has 0 aliphatic rings. The molecule has 1 heterocycles. The first-order chi connectivity index (χ1) is 6.90. The third-order valence-electron chi connectivity index (χ3n) is 1.70. The van der Waals surface area contributed by atoms with E-state index in [1.165, 1.54) is 0 Å². The van der Waals surface area contributed by atoms with Gasteiger partial charge in [0.2, 0.25) is 5.16 Å². The molecule has 6 heteroatoms. The summed E-state index contributed by atoms with van der Waals surface area (Å²) in [5.74, 6) is 0.978. The summed E-state index contributed by atoms with van der Waals surface area (Å²) in [4.78, 5) is 0. The van der Waals surface area contributed by atoms with E-state index in [-0.39, 0.29) is 4.75 Å². The highest BCUT2D eigenvalue weighted by molar-refractivity contribution is 8.00. The zero-order valence-electron chi connectivity index (χ0n) is 9.56. The summed E-state index contributed by atoms with van der Waals surface area (Å²) in [5, 5.41) is 8.16. The van der Waals surface area contributed by atoms with Crippen molar-refractivity contribution in [3.8, 4) is 0 Å². The summed E-state index contributed by atoms with van der Waals surface area (Å²) >= 11 is 1.88. The highest BCUT2D eigenvalue weighted by atomic mass is 32.2. The Bertz CT molecular complexity index is 343. The second kappa shape index (κ2) is 5.12.